The zero-order valence-electron chi connectivity index (χ0n) is 10.1. The molecule has 0 radical (unpaired) electrons. The zero-order valence-corrected chi connectivity index (χ0v) is 10.1. The monoisotopic (exact) mass is 207 g/mol. The van der Waals surface area contributed by atoms with Gasteiger partial charge in [-0.25, -0.2) is 0 Å². The van der Waals surface area contributed by atoms with Crippen LogP contribution in [0.1, 0.15) is 44.8 Å². The molecule has 1 rings (SSSR count). The molecule has 2 nitrogen and oxygen atoms in total. The molecule has 15 heavy (non-hydrogen) atoms. The number of allylic oxidation sites excluding steroid dienone is 1. The molecule has 0 spiro atoms. The summed E-state index contributed by atoms with van der Waals surface area (Å²) in [5.74, 6) is 1.97. The van der Waals surface area contributed by atoms with Crippen LogP contribution in [0.15, 0.2) is 28.2 Å². The average molecular weight is 207 g/mol. The highest BCUT2D eigenvalue weighted by Gasteiger charge is 2.10. The molecule has 1 heterocycles. The molecule has 0 aromatic carbocycles. The van der Waals surface area contributed by atoms with Gasteiger partial charge < -0.3 is 9.73 Å². The van der Waals surface area contributed by atoms with Gasteiger partial charge in [0.25, 0.3) is 0 Å². The van der Waals surface area contributed by atoms with Gasteiger partial charge in [0.2, 0.25) is 0 Å². The molecule has 0 aliphatic carbocycles. The topological polar surface area (TPSA) is 25.2 Å². The van der Waals surface area contributed by atoms with Gasteiger partial charge in [-0.05, 0) is 45.9 Å². The summed E-state index contributed by atoms with van der Waals surface area (Å²) in [6, 6.07) is 4.26. The minimum Gasteiger partial charge on any atom is -0.464 e. The summed E-state index contributed by atoms with van der Waals surface area (Å²) >= 11 is 0. The van der Waals surface area contributed by atoms with Crippen molar-refractivity contribution < 1.29 is 4.42 Å². The number of rotatable bonds is 5. The summed E-state index contributed by atoms with van der Waals surface area (Å²) in [4.78, 5) is 0. The fraction of sp³-hybridized carbons (Fsp3) is 0.538. The maximum absolute atomic E-state index is 5.64. The van der Waals surface area contributed by atoms with Gasteiger partial charge in [-0.2, -0.15) is 0 Å². The molecule has 0 saturated heterocycles. The van der Waals surface area contributed by atoms with E-state index in [1.165, 1.54) is 5.57 Å². The maximum Gasteiger partial charge on any atom is 0.125 e. The van der Waals surface area contributed by atoms with E-state index in [1.807, 2.05) is 19.1 Å². The first-order valence-electron chi connectivity index (χ1n) is 5.58. The lowest BCUT2D eigenvalue weighted by Gasteiger charge is -2.12. The average Bonchev–Trinajstić information content (AvgIpc) is 2.58. The van der Waals surface area contributed by atoms with Crippen molar-refractivity contribution in [2.24, 2.45) is 0 Å². The van der Waals surface area contributed by atoms with Crippen LogP contribution in [0.3, 0.4) is 0 Å². The predicted octanol–water partition coefficient (Wildman–Crippen LogP) is 3.59. The van der Waals surface area contributed by atoms with E-state index in [9.17, 15) is 0 Å². The van der Waals surface area contributed by atoms with Gasteiger partial charge in [-0.1, -0.05) is 18.6 Å². The van der Waals surface area contributed by atoms with Gasteiger partial charge in [0.1, 0.15) is 11.5 Å². The van der Waals surface area contributed by atoms with E-state index < -0.39 is 0 Å². The van der Waals surface area contributed by atoms with Crippen molar-refractivity contribution in [1.82, 2.24) is 5.32 Å². The second-order valence-corrected chi connectivity index (χ2v) is 4.12. The lowest BCUT2D eigenvalue weighted by atomic mass is 10.1. The first kappa shape index (κ1) is 12.1. The third-order valence-electron chi connectivity index (χ3n) is 2.18. The van der Waals surface area contributed by atoms with Gasteiger partial charge in [0.15, 0.2) is 0 Å². The standard InChI is InChI=1S/C13H21NO/c1-5-8-14-12(9-10(2)3)13-7-6-11(4)15-13/h6-7,9,12,14H,5,8H2,1-4H3. The van der Waals surface area contributed by atoms with Crippen LogP contribution in [0.5, 0.6) is 0 Å². The minimum absolute atomic E-state index is 0.212. The van der Waals surface area contributed by atoms with Crippen molar-refractivity contribution in [3.8, 4) is 0 Å². The molecule has 2 heteroatoms. The zero-order chi connectivity index (χ0) is 11.3. The van der Waals surface area contributed by atoms with E-state index in [4.69, 9.17) is 4.42 Å². The van der Waals surface area contributed by atoms with Crippen LogP contribution >= 0.6 is 0 Å². The molecular weight excluding hydrogens is 186 g/mol. The molecule has 1 unspecified atom stereocenters. The van der Waals surface area contributed by atoms with Crippen LogP contribution in [0.4, 0.5) is 0 Å². The molecular formula is C13H21NO. The number of hydrogen-bond acceptors (Lipinski definition) is 2. The predicted molar refractivity (Wildman–Crippen MR) is 63.9 cm³/mol. The summed E-state index contributed by atoms with van der Waals surface area (Å²) in [7, 11) is 0. The fourth-order valence-corrected chi connectivity index (χ4v) is 1.50. The SMILES string of the molecule is CCCNC(C=C(C)C)c1ccc(C)o1. The Bertz CT molecular complexity index is 321. The van der Waals surface area contributed by atoms with Crippen LogP contribution in [0.2, 0.25) is 0 Å². The number of aryl methyl sites for hydroxylation is 1. The van der Waals surface area contributed by atoms with Gasteiger partial charge in [-0.3, -0.25) is 0 Å². The maximum atomic E-state index is 5.64. The summed E-state index contributed by atoms with van der Waals surface area (Å²) in [6.45, 7) is 9.36. The number of furan rings is 1. The Balaban J connectivity index is 2.76. The van der Waals surface area contributed by atoms with E-state index in [1.54, 1.807) is 0 Å². The molecule has 1 N–H and O–H groups in total. The molecule has 0 aliphatic rings. The van der Waals surface area contributed by atoms with Gasteiger partial charge in [-0.15, -0.1) is 0 Å². The molecule has 1 aromatic heterocycles. The summed E-state index contributed by atoms with van der Waals surface area (Å²) in [5, 5.41) is 3.46. The Morgan fingerprint density at radius 1 is 1.47 bits per heavy atom. The Hall–Kier alpha value is -1.02. The van der Waals surface area contributed by atoms with Gasteiger partial charge in [0, 0.05) is 0 Å². The fourth-order valence-electron chi connectivity index (χ4n) is 1.50. The van der Waals surface area contributed by atoms with Crippen molar-refractivity contribution >= 4 is 0 Å². The highest BCUT2D eigenvalue weighted by molar-refractivity contribution is 5.16. The largest absolute Gasteiger partial charge is 0.464 e. The molecule has 0 bridgehead atoms. The first-order chi connectivity index (χ1) is 7.13. The van der Waals surface area contributed by atoms with Crippen LogP contribution in [0.25, 0.3) is 0 Å². The molecule has 0 saturated carbocycles. The van der Waals surface area contributed by atoms with Crippen molar-refractivity contribution in [3.05, 3.63) is 35.3 Å². The summed E-state index contributed by atoms with van der Waals surface area (Å²) in [5.41, 5.74) is 1.30. The normalized spacial score (nSPS) is 12.5. The number of nitrogens with one attached hydrogen (secondary N) is 1. The number of hydrogen-bond donors (Lipinski definition) is 1. The smallest absolute Gasteiger partial charge is 0.125 e. The van der Waals surface area contributed by atoms with Crippen LogP contribution in [-0.2, 0) is 0 Å². The Kier molecular flexibility index (Phi) is 4.63. The van der Waals surface area contributed by atoms with Crippen LogP contribution in [0, 0.1) is 6.92 Å². The van der Waals surface area contributed by atoms with E-state index in [2.05, 4.69) is 32.2 Å². The minimum atomic E-state index is 0.212. The van der Waals surface area contributed by atoms with E-state index in [0.29, 0.717) is 0 Å². The second kappa shape index (κ2) is 5.76. The third kappa shape index (κ3) is 3.92. The first-order valence-corrected chi connectivity index (χ1v) is 5.58. The quantitative estimate of drug-likeness (QED) is 0.746. The Morgan fingerprint density at radius 2 is 2.20 bits per heavy atom. The van der Waals surface area contributed by atoms with Crippen molar-refractivity contribution in [1.29, 1.82) is 0 Å². The molecule has 1 aromatic rings. The molecule has 0 aliphatic heterocycles. The van der Waals surface area contributed by atoms with Crippen molar-refractivity contribution in [2.45, 2.75) is 40.2 Å². The summed E-state index contributed by atoms with van der Waals surface area (Å²) < 4.78 is 5.64. The van der Waals surface area contributed by atoms with Crippen LogP contribution < -0.4 is 5.32 Å². The van der Waals surface area contributed by atoms with Gasteiger partial charge in [0.05, 0.1) is 6.04 Å². The third-order valence-corrected chi connectivity index (χ3v) is 2.18. The second-order valence-electron chi connectivity index (χ2n) is 4.12. The lowest BCUT2D eigenvalue weighted by Crippen LogP contribution is -2.20. The van der Waals surface area contributed by atoms with Crippen LogP contribution in [-0.4, -0.2) is 6.54 Å². The van der Waals surface area contributed by atoms with E-state index >= 15 is 0 Å². The molecule has 0 amide bonds. The van der Waals surface area contributed by atoms with Gasteiger partial charge >= 0.3 is 0 Å². The Morgan fingerprint density at radius 3 is 2.67 bits per heavy atom. The lowest BCUT2D eigenvalue weighted by molar-refractivity contribution is 0.435. The van der Waals surface area contributed by atoms with Crippen molar-refractivity contribution in [3.63, 3.8) is 0 Å². The van der Waals surface area contributed by atoms with E-state index in [0.717, 1.165) is 24.5 Å². The molecule has 0 fully saturated rings. The van der Waals surface area contributed by atoms with E-state index in [-0.39, 0.29) is 6.04 Å². The Labute approximate surface area is 92.4 Å². The molecule has 1 atom stereocenters. The molecule has 84 valence electrons. The van der Waals surface area contributed by atoms with Crippen molar-refractivity contribution in [2.75, 3.05) is 6.54 Å². The summed E-state index contributed by atoms with van der Waals surface area (Å²) in [6.07, 6.45) is 3.33. The highest BCUT2D eigenvalue weighted by Crippen LogP contribution is 2.18. The highest BCUT2D eigenvalue weighted by atomic mass is 16.3.